The third-order valence-electron chi connectivity index (χ3n) is 3.66. The van der Waals surface area contributed by atoms with Crippen LogP contribution in [0.3, 0.4) is 0 Å². The van der Waals surface area contributed by atoms with E-state index in [-0.39, 0.29) is 5.54 Å². The molecule has 1 fully saturated rings. The number of halogens is 3. The molecular weight excluding hydrogens is 229 g/mol. The average Bonchev–Trinajstić information content (AvgIpc) is 2.39. The van der Waals surface area contributed by atoms with Gasteiger partial charge in [0, 0.05) is 18.1 Å². The molecule has 1 N–H and O–H groups in total. The maximum Gasteiger partial charge on any atom is 0.390 e. The van der Waals surface area contributed by atoms with Crippen molar-refractivity contribution in [3.05, 3.63) is 0 Å². The highest BCUT2D eigenvalue weighted by Gasteiger charge is 2.35. The lowest BCUT2D eigenvalue weighted by molar-refractivity contribution is -0.146. The molecule has 0 bridgehead atoms. The van der Waals surface area contributed by atoms with Gasteiger partial charge in [-0.2, -0.15) is 13.2 Å². The van der Waals surface area contributed by atoms with Crippen LogP contribution >= 0.6 is 0 Å². The fraction of sp³-hybridized carbons (Fsp3) is 1.00. The maximum atomic E-state index is 12.4. The second-order valence-corrected chi connectivity index (χ2v) is 5.33. The number of nitrogens with one attached hydrogen (secondary N) is 1. The van der Waals surface area contributed by atoms with E-state index in [1.165, 1.54) is 0 Å². The zero-order chi connectivity index (χ0) is 13.1. The minimum atomic E-state index is -4.07. The normalized spacial score (nSPS) is 30.0. The molecule has 2 nitrogen and oxygen atoms in total. The van der Waals surface area contributed by atoms with Gasteiger partial charge in [-0.1, -0.05) is 6.92 Å². The van der Waals surface area contributed by atoms with Crippen molar-refractivity contribution >= 4 is 0 Å². The molecule has 17 heavy (non-hydrogen) atoms. The summed E-state index contributed by atoms with van der Waals surface area (Å²) in [7, 11) is 0. The van der Waals surface area contributed by atoms with E-state index < -0.39 is 18.6 Å². The Morgan fingerprint density at radius 2 is 2.06 bits per heavy atom. The molecule has 5 heteroatoms. The predicted octanol–water partition coefficient (Wildman–Crippen LogP) is 2.79. The summed E-state index contributed by atoms with van der Waals surface area (Å²) >= 11 is 0. The molecule has 0 aromatic carbocycles. The van der Waals surface area contributed by atoms with Crippen LogP contribution < -0.4 is 5.32 Å². The highest BCUT2D eigenvalue weighted by molar-refractivity contribution is 4.89. The Morgan fingerprint density at radius 3 is 2.59 bits per heavy atom. The lowest BCUT2D eigenvalue weighted by Gasteiger charge is -2.36. The first-order chi connectivity index (χ1) is 7.76. The van der Waals surface area contributed by atoms with Crippen molar-refractivity contribution in [2.75, 3.05) is 19.6 Å². The van der Waals surface area contributed by atoms with Crippen LogP contribution in [0.2, 0.25) is 0 Å². The molecule has 1 aliphatic heterocycles. The zero-order valence-electron chi connectivity index (χ0n) is 10.9. The highest BCUT2D eigenvalue weighted by atomic mass is 19.4. The van der Waals surface area contributed by atoms with Crippen molar-refractivity contribution in [2.45, 2.75) is 57.8 Å². The number of nitrogens with zero attached hydrogens (tertiary/aromatic N) is 1. The molecule has 0 aliphatic carbocycles. The molecule has 102 valence electrons. The first-order valence-electron chi connectivity index (χ1n) is 6.31. The molecule has 0 amide bonds. The van der Waals surface area contributed by atoms with E-state index >= 15 is 0 Å². The number of hydrogen-bond donors (Lipinski definition) is 1. The third-order valence-corrected chi connectivity index (χ3v) is 3.66. The Morgan fingerprint density at radius 1 is 1.41 bits per heavy atom. The molecule has 1 aliphatic rings. The topological polar surface area (TPSA) is 15.3 Å². The van der Waals surface area contributed by atoms with Crippen LogP contribution in [0.5, 0.6) is 0 Å². The van der Waals surface area contributed by atoms with E-state index in [9.17, 15) is 13.2 Å². The third kappa shape index (κ3) is 4.84. The van der Waals surface area contributed by atoms with Crippen molar-refractivity contribution in [3.63, 3.8) is 0 Å². The van der Waals surface area contributed by atoms with Gasteiger partial charge in [0.1, 0.15) is 0 Å². The van der Waals surface area contributed by atoms with Crippen molar-refractivity contribution in [1.29, 1.82) is 0 Å². The summed E-state index contributed by atoms with van der Waals surface area (Å²) < 4.78 is 37.2. The van der Waals surface area contributed by atoms with Gasteiger partial charge in [0.15, 0.2) is 0 Å². The Hall–Kier alpha value is -0.290. The van der Waals surface area contributed by atoms with E-state index in [1.54, 1.807) is 6.92 Å². The first-order valence-corrected chi connectivity index (χ1v) is 6.31. The summed E-state index contributed by atoms with van der Waals surface area (Å²) in [5, 5.41) is 3.43. The first kappa shape index (κ1) is 14.8. The van der Waals surface area contributed by atoms with Crippen molar-refractivity contribution in [1.82, 2.24) is 10.2 Å². The van der Waals surface area contributed by atoms with Crippen molar-refractivity contribution < 1.29 is 13.2 Å². The molecule has 0 spiro atoms. The van der Waals surface area contributed by atoms with Gasteiger partial charge in [-0.05, 0) is 39.8 Å². The van der Waals surface area contributed by atoms with E-state index in [0.717, 1.165) is 25.9 Å². The summed E-state index contributed by atoms with van der Waals surface area (Å²) in [5.74, 6) is 0. The summed E-state index contributed by atoms with van der Waals surface area (Å²) in [6, 6.07) is -0.430. The number of rotatable bonds is 3. The van der Waals surface area contributed by atoms with E-state index in [2.05, 4.69) is 19.2 Å². The second kappa shape index (κ2) is 5.57. The van der Waals surface area contributed by atoms with Gasteiger partial charge in [0.2, 0.25) is 0 Å². The van der Waals surface area contributed by atoms with Crippen LogP contribution in [0.25, 0.3) is 0 Å². The second-order valence-electron chi connectivity index (χ2n) is 5.33. The fourth-order valence-electron chi connectivity index (χ4n) is 2.33. The largest absolute Gasteiger partial charge is 0.390 e. The van der Waals surface area contributed by atoms with Crippen LogP contribution in [0.4, 0.5) is 13.2 Å². The standard InChI is InChI=1S/C12H23F3N2/c1-4-11(3)9-17(7-5-6-16-11)10(2)8-12(13,14)15/h10,16H,4-9H2,1-3H3. The van der Waals surface area contributed by atoms with E-state index in [4.69, 9.17) is 0 Å². The molecule has 0 saturated carbocycles. The molecule has 0 aromatic rings. The van der Waals surface area contributed by atoms with Crippen LogP contribution in [-0.2, 0) is 0 Å². The van der Waals surface area contributed by atoms with Crippen LogP contribution in [0.15, 0.2) is 0 Å². The van der Waals surface area contributed by atoms with Crippen LogP contribution in [-0.4, -0.2) is 42.3 Å². The minimum Gasteiger partial charge on any atom is -0.310 e. The summed E-state index contributed by atoms with van der Waals surface area (Å²) in [5.41, 5.74) is -0.0592. The average molecular weight is 252 g/mol. The Labute approximate surface area is 102 Å². The summed E-state index contributed by atoms with van der Waals surface area (Å²) in [4.78, 5) is 1.97. The molecule has 2 atom stereocenters. The number of alkyl halides is 3. The molecule has 2 unspecified atom stereocenters. The predicted molar refractivity (Wildman–Crippen MR) is 63.0 cm³/mol. The number of hydrogen-bond acceptors (Lipinski definition) is 2. The van der Waals surface area contributed by atoms with E-state index in [0.29, 0.717) is 6.54 Å². The van der Waals surface area contributed by atoms with Gasteiger partial charge in [-0.15, -0.1) is 0 Å². The van der Waals surface area contributed by atoms with E-state index in [1.807, 2.05) is 4.90 Å². The van der Waals surface area contributed by atoms with Gasteiger partial charge in [0.25, 0.3) is 0 Å². The van der Waals surface area contributed by atoms with Gasteiger partial charge < -0.3 is 5.32 Å². The van der Waals surface area contributed by atoms with Gasteiger partial charge >= 0.3 is 6.18 Å². The van der Waals surface area contributed by atoms with Crippen LogP contribution in [0, 0.1) is 0 Å². The molecule has 1 rings (SSSR count). The Kier molecular flexibility index (Phi) is 4.84. The van der Waals surface area contributed by atoms with Crippen molar-refractivity contribution in [3.8, 4) is 0 Å². The lowest BCUT2D eigenvalue weighted by atomic mass is 9.97. The lowest BCUT2D eigenvalue weighted by Crippen LogP contribution is -2.50. The SMILES string of the molecule is CCC1(C)CN(C(C)CC(F)(F)F)CCCN1. The maximum absolute atomic E-state index is 12.4. The summed E-state index contributed by atoms with van der Waals surface area (Å²) in [6.45, 7) is 8.17. The van der Waals surface area contributed by atoms with Gasteiger partial charge in [0.05, 0.1) is 6.42 Å². The monoisotopic (exact) mass is 252 g/mol. The zero-order valence-corrected chi connectivity index (χ0v) is 10.9. The molecule has 0 aromatic heterocycles. The molecule has 0 radical (unpaired) electrons. The smallest absolute Gasteiger partial charge is 0.310 e. The summed E-state index contributed by atoms with van der Waals surface area (Å²) in [6.07, 6.45) is -2.94. The van der Waals surface area contributed by atoms with Gasteiger partial charge in [-0.25, -0.2) is 0 Å². The minimum absolute atomic E-state index is 0.0592. The van der Waals surface area contributed by atoms with Gasteiger partial charge in [-0.3, -0.25) is 4.90 Å². The molecule has 1 heterocycles. The quantitative estimate of drug-likeness (QED) is 0.831. The fourth-order valence-corrected chi connectivity index (χ4v) is 2.33. The Bertz CT molecular complexity index is 242. The Balaban J connectivity index is 2.62. The highest BCUT2D eigenvalue weighted by Crippen LogP contribution is 2.26. The molecule has 1 saturated heterocycles. The molecular formula is C12H23F3N2. The van der Waals surface area contributed by atoms with Crippen molar-refractivity contribution in [2.24, 2.45) is 0 Å². The van der Waals surface area contributed by atoms with Crippen LogP contribution in [0.1, 0.15) is 40.0 Å².